The van der Waals surface area contributed by atoms with Crippen LogP contribution in [0.2, 0.25) is 5.02 Å². The third kappa shape index (κ3) is 4.12. The van der Waals surface area contributed by atoms with Crippen LogP contribution < -0.4 is 10.6 Å². The molecular weight excluding hydrogens is 357 g/mol. The van der Waals surface area contributed by atoms with Gasteiger partial charge in [-0.1, -0.05) is 17.7 Å². The number of nitrogens with zero attached hydrogens (tertiary/aromatic N) is 3. The number of amides is 1. The molecule has 2 N–H and O–H groups in total. The minimum atomic E-state index is -0.569. The minimum Gasteiger partial charge on any atom is -0.339 e. The summed E-state index contributed by atoms with van der Waals surface area (Å²) in [7, 11) is 0. The normalized spacial score (nSPS) is 10.0. The first kappa shape index (κ1) is 17.3. The highest BCUT2D eigenvalue weighted by atomic mass is 35.5. The van der Waals surface area contributed by atoms with Crippen molar-refractivity contribution in [2.45, 2.75) is 0 Å². The van der Waals surface area contributed by atoms with E-state index < -0.39 is 11.7 Å². The number of nitrogens with one attached hydrogen (secondary N) is 2. The molecular formula is C18H11ClFN5O. The van der Waals surface area contributed by atoms with Gasteiger partial charge in [-0.25, -0.2) is 14.4 Å². The lowest BCUT2D eigenvalue weighted by atomic mass is 10.2. The van der Waals surface area contributed by atoms with Crippen LogP contribution in [0, 0.1) is 17.1 Å². The smallest absolute Gasteiger partial charge is 0.275 e. The van der Waals surface area contributed by atoms with Gasteiger partial charge in [0.05, 0.1) is 29.0 Å². The fraction of sp³-hybridized carbons (Fsp3) is 0. The lowest BCUT2D eigenvalue weighted by Gasteiger charge is -2.07. The molecule has 0 aliphatic carbocycles. The SMILES string of the molecule is N#Cc1cccc(Nc2cnc(C(=O)Nc3ccc(F)c(Cl)c3)cn2)c1. The van der Waals surface area contributed by atoms with E-state index in [1.807, 2.05) is 6.07 Å². The Balaban J connectivity index is 1.69. The number of halogens is 2. The maximum Gasteiger partial charge on any atom is 0.275 e. The Kier molecular flexibility index (Phi) is 5.06. The average molecular weight is 368 g/mol. The van der Waals surface area contributed by atoms with Crippen LogP contribution in [0.15, 0.2) is 54.9 Å². The summed E-state index contributed by atoms with van der Waals surface area (Å²) in [5.74, 6) is -0.653. The van der Waals surface area contributed by atoms with Gasteiger partial charge in [-0.05, 0) is 36.4 Å². The van der Waals surface area contributed by atoms with Crippen molar-refractivity contribution in [1.82, 2.24) is 9.97 Å². The molecule has 0 bridgehead atoms. The molecule has 0 radical (unpaired) electrons. The predicted molar refractivity (Wildman–Crippen MR) is 95.8 cm³/mol. The molecule has 0 aliphatic rings. The molecule has 1 aromatic heterocycles. The molecule has 128 valence electrons. The summed E-state index contributed by atoms with van der Waals surface area (Å²) in [5, 5.41) is 14.4. The Bertz CT molecular complexity index is 1000. The monoisotopic (exact) mass is 367 g/mol. The van der Waals surface area contributed by atoms with E-state index in [1.54, 1.807) is 24.3 Å². The van der Waals surface area contributed by atoms with Crippen molar-refractivity contribution in [1.29, 1.82) is 5.26 Å². The standard InChI is InChI=1S/C18H11ClFN5O/c19-14-7-13(4-5-15(14)20)25-18(26)16-9-23-17(10-22-16)24-12-3-1-2-11(6-12)8-21/h1-7,9-10H,(H,23,24)(H,25,26). The van der Waals surface area contributed by atoms with Crippen molar-refractivity contribution in [2.24, 2.45) is 0 Å². The third-order valence-corrected chi connectivity index (χ3v) is 3.62. The number of carbonyl (C=O) groups excluding carboxylic acids is 1. The van der Waals surface area contributed by atoms with Crippen molar-refractivity contribution in [2.75, 3.05) is 10.6 Å². The van der Waals surface area contributed by atoms with Crippen LogP contribution in [0.25, 0.3) is 0 Å². The molecule has 3 aromatic rings. The van der Waals surface area contributed by atoms with E-state index in [-0.39, 0.29) is 10.7 Å². The molecule has 3 rings (SSSR count). The first-order valence-electron chi connectivity index (χ1n) is 7.41. The van der Waals surface area contributed by atoms with Gasteiger partial charge in [0.2, 0.25) is 0 Å². The number of aromatic nitrogens is 2. The number of benzene rings is 2. The second kappa shape index (κ2) is 7.59. The third-order valence-electron chi connectivity index (χ3n) is 3.33. The molecule has 0 spiro atoms. The zero-order chi connectivity index (χ0) is 18.5. The molecule has 6 nitrogen and oxygen atoms in total. The topological polar surface area (TPSA) is 90.7 Å². The van der Waals surface area contributed by atoms with Crippen LogP contribution in [0.4, 0.5) is 21.6 Å². The molecule has 0 unspecified atom stereocenters. The first-order valence-corrected chi connectivity index (χ1v) is 7.78. The summed E-state index contributed by atoms with van der Waals surface area (Å²) >= 11 is 5.68. The molecule has 0 saturated heterocycles. The molecule has 0 aliphatic heterocycles. The van der Waals surface area contributed by atoms with Crippen LogP contribution in [0.5, 0.6) is 0 Å². The summed E-state index contributed by atoms with van der Waals surface area (Å²) in [6, 6.07) is 12.8. The Hall–Kier alpha value is -3.50. The summed E-state index contributed by atoms with van der Waals surface area (Å²) in [6.45, 7) is 0. The highest BCUT2D eigenvalue weighted by Crippen LogP contribution is 2.20. The van der Waals surface area contributed by atoms with Gasteiger partial charge in [0.1, 0.15) is 17.3 Å². The van der Waals surface area contributed by atoms with E-state index >= 15 is 0 Å². The van der Waals surface area contributed by atoms with Gasteiger partial charge in [0.25, 0.3) is 5.91 Å². The fourth-order valence-corrected chi connectivity index (χ4v) is 2.27. The summed E-state index contributed by atoms with van der Waals surface area (Å²) in [4.78, 5) is 20.3. The zero-order valence-corrected chi connectivity index (χ0v) is 14.0. The quantitative estimate of drug-likeness (QED) is 0.723. The van der Waals surface area contributed by atoms with E-state index in [4.69, 9.17) is 16.9 Å². The number of carbonyl (C=O) groups is 1. The Morgan fingerprint density at radius 1 is 1.12 bits per heavy atom. The zero-order valence-electron chi connectivity index (χ0n) is 13.2. The van der Waals surface area contributed by atoms with E-state index in [9.17, 15) is 9.18 Å². The van der Waals surface area contributed by atoms with Gasteiger partial charge in [0.15, 0.2) is 0 Å². The van der Waals surface area contributed by atoms with Gasteiger partial charge in [-0.2, -0.15) is 5.26 Å². The van der Waals surface area contributed by atoms with Gasteiger partial charge in [-0.3, -0.25) is 4.79 Å². The molecule has 26 heavy (non-hydrogen) atoms. The molecule has 8 heteroatoms. The fourth-order valence-electron chi connectivity index (χ4n) is 2.09. The van der Waals surface area contributed by atoms with Crippen LogP contribution in [0.1, 0.15) is 16.1 Å². The number of hydrogen-bond acceptors (Lipinski definition) is 5. The van der Waals surface area contributed by atoms with Crippen LogP contribution >= 0.6 is 11.6 Å². The van der Waals surface area contributed by atoms with E-state index in [0.29, 0.717) is 22.8 Å². The highest BCUT2D eigenvalue weighted by Gasteiger charge is 2.10. The molecule has 0 atom stereocenters. The van der Waals surface area contributed by atoms with Gasteiger partial charge in [-0.15, -0.1) is 0 Å². The second-order valence-corrected chi connectivity index (χ2v) is 5.59. The van der Waals surface area contributed by atoms with Gasteiger partial charge < -0.3 is 10.6 Å². The van der Waals surface area contributed by atoms with Crippen LogP contribution in [-0.4, -0.2) is 15.9 Å². The summed E-state index contributed by atoms with van der Waals surface area (Å²) in [6.07, 6.45) is 2.70. The van der Waals surface area contributed by atoms with E-state index in [1.165, 1.54) is 24.5 Å². The van der Waals surface area contributed by atoms with Crippen LogP contribution in [-0.2, 0) is 0 Å². The van der Waals surface area contributed by atoms with E-state index in [2.05, 4.69) is 20.6 Å². The largest absolute Gasteiger partial charge is 0.339 e. The molecule has 2 aromatic carbocycles. The van der Waals surface area contributed by atoms with Crippen molar-refractivity contribution < 1.29 is 9.18 Å². The molecule has 0 saturated carbocycles. The summed E-state index contributed by atoms with van der Waals surface area (Å²) < 4.78 is 13.1. The van der Waals surface area contributed by atoms with Crippen molar-refractivity contribution in [3.05, 3.63) is 77.0 Å². The maximum atomic E-state index is 13.1. The number of hydrogen-bond donors (Lipinski definition) is 2. The number of anilines is 3. The average Bonchev–Trinajstić information content (AvgIpc) is 2.65. The number of nitriles is 1. The highest BCUT2D eigenvalue weighted by molar-refractivity contribution is 6.31. The summed E-state index contributed by atoms with van der Waals surface area (Å²) in [5.41, 5.74) is 1.62. The van der Waals surface area contributed by atoms with Gasteiger partial charge in [0, 0.05) is 11.4 Å². The first-order chi connectivity index (χ1) is 12.5. The molecule has 1 amide bonds. The van der Waals surface area contributed by atoms with Crippen molar-refractivity contribution >= 4 is 34.7 Å². The molecule has 0 fully saturated rings. The Labute approximate surface area is 153 Å². The van der Waals surface area contributed by atoms with Gasteiger partial charge >= 0.3 is 0 Å². The van der Waals surface area contributed by atoms with E-state index in [0.717, 1.165) is 6.07 Å². The number of rotatable bonds is 4. The minimum absolute atomic E-state index is 0.0850. The predicted octanol–water partition coefficient (Wildman–Crippen LogP) is 4.14. The maximum absolute atomic E-state index is 13.1. The Morgan fingerprint density at radius 2 is 1.96 bits per heavy atom. The lowest BCUT2D eigenvalue weighted by molar-refractivity contribution is 0.102. The lowest BCUT2D eigenvalue weighted by Crippen LogP contribution is -2.14. The van der Waals surface area contributed by atoms with Crippen molar-refractivity contribution in [3.63, 3.8) is 0 Å². The molecule has 1 heterocycles. The Morgan fingerprint density at radius 3 is 2.65 bits per heavy atom. The second-order valence-electron chi connectivity index (χ2n) is 5.19. The van der Waals surface area contributed by atoms with Crippen molar-refractivity contribution in [3.8, 4) is 6.07 Å². The van der Waals surface area contributed by atoms with Crippen LogP contribution in [0.3, 0.4) is 0 Å².